The van der Waals surface area contributed by atoms with Crippen LogP contribution < -0.4 is 0 Å². The Morgan fingerprint density at radius 2 is 1.69 bits per heavy atom. The van der Waals surface area contributed by atoms with Gasteiger partial charge in [0.1, 0.15) is 0 Å². The number of rotatable bonds is 8. The van der Waals surface area contributed by atoms with Gasteiger partial charge in [-0.25, -0.2) is 0 Å². The Balaban J connectivity index is 1.40. The van der Waals surface area contributed by atoms with Crippen LogP contribution in [0.15, 0.2) is 24.3 Å². The van der Waals surface area contributed by atoms with Gasteiger partial charge in [-0.1, -0.05) is 44.0 Å². The van der Waals surface area contributed by atoms with Crippen LogP contribution in [0.5, 0.6) is 0 Å². The van der Waals surface area contributed by atoms with Crippen LogP contribution >= 0.6 is 0 Å². The molecule has 146 valence electrons. The number of hydrogen-bond donors (Lipinski definition) is 0. The van der Waals surface area contributed by atoms with Gasteiger partial charge in [0.05, 0.1) is 18.8 Å². The lowest BCUT2D eigenvalue weighted by molar-refractivity contribution is -0.0842. The Labute approximate surface area is 160 Å². The van der Waals surface area contributed by atoms with Crippen LogP contribution in [-0.2, 0) is 15.9 Å². The zero-order valence-electron chi connectivity index (χ0n) is 16.9. The Kier molecular flexibility index (Phi) is 8.01. The predicted octanol–water partition coefficient (Wildman–Crippen LogP) is 6.28. The maximum Gasteiger partial charge on any atom is 0.0809 e. The Hall–Kier alpha value is -0.860. The highest BCUT2D eigenvalue weighted by Gasteiger charge is 2.23. The first-order chi connectivity index (χ1) is 12.8. The quantitative estimate of drug-likeness (QED) is 0.544. The van der Waals surface area contributed by atoms with Gasteiger partial charge in [-0.3, -0.25) is 0 Å². The molecular weight excluding hydrogens is 320 g/mol. The van der Waals surface area contributed by atoms with Gasteiger partial charge in [0, 0.05) is 6.61 Å². The maximum absolute atomic E-state index is 5.99. The first kappa shape index (κ1) is 19.9. The van der Waals surface area contributed by atoms with Crippen LogP contribution in [0.2, 0.25) is 0 Å². The van der Waals surface area contributed by atoms with E-state index in [0.717, 1.165) is 50.7 Å². The third-order valence-corrected chi connectivity index (χ3v) is 6.48. The molecule has 1 aromatic rings. The fraction of sp³-hybridized carbons (Fsp3) is 0.750. The van der Waals surface area contributed by atoms with E-state index in [1.54, 1.807) is 5.56 Å². The highest BCUT2D eigenvalue weighted by Crippen LogP contribution is 2.37. The molecule has 0 bridgehead atoms. The SMILES string of the molecule is CCCC1CCC(c2ccc(CCC3CCC(OCC)CO3)cc2)CC1. The van der Waals surface area contributed by atoms with Crippen molar-refractivity contribution < 1.29 is 9.47 Å². The van der Waals surface area contributed by atoms with Gasteiger partial charge in [0.2, 0.25) is 0 Å². The molecule has 0 spiro atoms. The van der Waals surface area contributed by atoms with Gasteiger partial charge in [0.15, 0.2) is 0 Å². The summed E-state index contributed by atoms with van der Waals surface area (Å²) in [6.07, 6.45) is 13.7. The fourth-order valence-corrected chi connectivity index (χ4v) is 4.85. The lowest BCUT2D eigenvalue weighted by Gasteiger charge is -2.29. The van der Waals surface area contributed by atoms with Crippen LogP contribution in [-0.4, -0.2) is 25.4 Å². The smallest absolute Gasteiger partial charge is 0.0809 e. The van der Waals surface area contributed by atoms with Gasteiger partial charge in [-0.15, -0.1) is 0 Å². The van der Waals surface area contributed by atoms with E-state index in [1.807, 2.05) is 0 Å². The topological polar surface area (TPSA) is 18.5 Å². The van der Waals surface area contributed by atoms with Crippen LogP contribution in [0.3, 0.4) is 0 Å². The lowest BCUT2D eigenvalue weighted by atomic mass is 9.77. The van der Waals surface area contributed by atoms with Crippen LogP contribution in [0.1, 0.15) is 88.7 Å². The third kappa shape index (κ3) is 5.82. The molecule has 0 radical (unpaired) electrons. The monoisotopic (exact) mass is 358 g/mol. The number of aryl methyl sites for hydroxylation is 1. The number of hydrogen-bond acceptors (Lipinski definition) is 2. The Morgan fingerprint density at radius 3 is 2.31 bits per heavy atom. The van der Waals surface area contributed by atoms with Gasteiger partial charge in [-0.05, 0) is 81.3 Å². The number of ether oxygens (including phenoxy) is 2. The van der Waals surface area contributed by atoms with Gasteiger partial charge in [-0.2, -0.15) is 0 Å². The van der Waals surface area contributed by atoms with E-state index in [-0.39, 0.29) is 0 Å². The summed E-state index contributed by atoms with van der Waals surface area (Å²) < 4.78 is 11.6. The summed E-state index contributed by atoms with van der Waals surface area (Å²) in [6, 6.07) is 9.51. The minimum absolute atomic E-state index is 0.322. The molecule has 2 unspecified atom stereocenters. The van der Waals surface area contributed by atoms with Crippen LogP contribution in [0.4, 0.5) is 0 Å². The molecule has 1 saturated carbocycles. The van der Waals surface area contributed by atoms with E-state index in [1.165, 1.54) is 44.1 Å². The van der Waals surface area contributed by atoms with Crippen molar-refractivity contribution in [2.24, 2.45) is 5.92 Å². The van der Waals surface area contributed by atoms with Crippen molar-refractivity contribution in [3.05, 3.63) is 35.4 Å². The van der Waals surface area contributed by atoms with E-state index in [9.17, 15) is 0 Å². The molecule has 2 fully saturated rings. The highest BCUT2D eigenvalue weighted by molar-refractivity contribution is 5.26. The second-order valence-electron chi connectivity index (χ2n) is 8.40. The van der Waals surface area contributed by atoms with Crippen molar-refractivity contribution in [1.82, 2.24) is 0 Å². The molecule has 1 aromatic carbocycles. The Bertz CT molecular complexity index is 493. The summed E-state index contributed by atoms with van der Waals surface area (Å²) in [5.74, 6) is 1.79. The van der Waals surface area contributed by atoms with E-state index >= 15 is 0 Å². The minimum atomic E-state index is 0.322. The average molecular weight is 359 g/mol. The molecule has 2 aliphatic rings. The summed E-state index contributed by atoms with van der Waals surface area (Å²) in [4.78, 5) is 0. The van der Waals surface area contributed by atoms with Crippen molar-refractivity contribution in [3.63, 3.8) is 0 Å². The third-order valence-electron chi connectivity index (χ3n) is 6.48. The van der Waals surface area contributed by atoms with Crippen molar-refractivity contribution in [3.8, 4) is 0 Å². The molecule has 2 atom stereocenters. The second-order valence-corrected chi connectivity index (χ2v) is 8.40. The molecule has 1 saturated heterocycles. The molecule has 0 aromatic heterocycles. The molecule has 2 nitrogen and oxygen atoms in total. The van der Waals surface area contributed by atoms with E-state index in [0.29, 0.717) is 12.2 Å². The highest BCUT2D eigenvalue weighted by atomic mass is 16.5. The largest absolute Gasteiger partial charge is 0.376 e. The summed E-state index contributed by atoms with van der Waals surface area (Å²) in [7, 11) is 0. The van der Waals surface area contributed by atoms with Crippen molar-refractivity contribution in [2.45, 2.75) is 96.2 Å². The molecular formula is C24H38O2. The minimum Gasteiger partial charge on any atom is -0.376 e. The van der Waals surface area contributed by atoms with E-state index < -0.39 is 0 Å². The molecule has 0 N–H and O–H groups in total. The summed E-state index contributed by atoms with van der Waals surface area (Å²) >= 11 is 0. The molecule has 1 aliphatic carbocycles. The maximum atomic E-state index is 5.99. The van der Waals surface area contributed by atoms with Crippen molar-refractivity contribution >= 4 is 0 Å². The van der Waals surface area contributed by atoms with Gasteiger partial charge in [0.25, 0.3) is 0 Å². The predicted molar refractivity (Wildman–Crippen MR) is 109 cm³/mol. The zero-order valence-corrected chi connectivity index (χ0v) is 16.9. The standard InChI is InChI=1S/C24H38O2/c1-3-5-19-6-11-21(12-7-19)22-13-8-20(9-14-22)10-15-23-16-17-24(18-26-23)25-4-2/h8-9,13-14,19,21,23-24H,3-7,10-12,15-18H2,1-2H3. The van der Waals surface area contributed by atoms with Gasteiger partial charge >= 0.3 is 0 Å². The summed E-state index contributed by atoms with van der Waals surface area (Å²) in [5.41, 5.74) is 3.03. The molecule has 2 heteroatoms. The summed E-state index contributed by atoms with van der Waals surface area (Å²) in [5, 5.41) is 0. The van der Waals surface area contributed by atoms with Crippen LogP contribution in [0.25, 0.3) is 0 Å². The van der Waals surface area contributed by atoms with E-state index in [2.05, 4.69) is 38.1 Å². The van der Waals surface area contributed by atoms with Crippen molar-refractivity contribution in [1.29, 1.82) is 0 Å². The number of benzene rings is 1. The molecule has 1 heterocycles. The van der Waals surface area contributed by atoms with Crippen LogP contribution in [0, 0.1) is 5.92 Å². The molecule has 26 heavy (non-hydrogen) atoms. The fourth-order valence-electron chi connectivity index (χ4n) is 4.85. The average Bonchev–Trinajstić information content (AvgIpc) is 2.69. The zero-order chi connectivity index (χ0) is 18.2. The Morgan fingerprint density at radius 1 is 0.923 bits per heavy atom. The lowest BCUT2D eigenvalue weighted by Crippen LogP contribution is -2.31. The molecule has 1 aliphatic heterocycles. The van der Waals surface area contributed by atoms with Crippen molar-refractivity contribution in [2.75, 3.05) is 13.2 Å². The second kappa shape index (κ2) is 10.5. The normalized spacial score (nSPS) is 29.6. The van der Waals surface area contributed by atoms with Gasteiger partial charge < -0.3 is 9.47 Å². The molecule has 3 rings (SSSR count). The summed E-state index contributed by atoms with van der Waals surface area (Å²) in [6.45, 7) is 5.95. The van der Waals surface area contributed by atoms with E-state index in [4.69, 9.17) is 9.47 Å². The molecule has 0 amide bonds. The first-order valence-corrected chi connectivity index (χ1v) is 11.1. The first-order valence-electron chi connectivity index (χ1n) is 11.1.